The average Bonchev–Trinajstić information content (AvgIpc) is 2.26. The molecule has 0 atom stereocenters. The van der Waals surface area contributed by atoms with E-state index in [1.54, 1.807) is 19.2 Å². The highest BCUT2D eigenvalue weighted by molar-refractivity contribution is 5.32. The van der Waals surface area contributed by atoms with Crippen LogP contribution in [-0.4, -0.2) is 20.3 Å². The van der Waals surface area contributed by atoms with E-state index in [2.05, 4.69) is 0 Å². The smallest absolute Gasteiger partial charge is 0.130 e. The third kappa shape index (κ3) is 3.66. The van der Waals surface area contributed by atoms with Crippen LogP contribution >= 0.6 is 0 Å². The lowest BCUT2D eigenvalue weighted by Gasteiger charge is -2.04. The minimum atomic E-state index is -0.411. The summed E-state index contributed by atoms with van der Waals surface area (Å²) in [6.45, 7) is 1.11. The van der Waals surface area contributed by atoms with E-state index in [-0.39, 0.29) is 6.61 Å². The van der Waals surface area contributed by atoms with E-state index in [0.717, 1.165) is 0 Å². The third-order valence-corrected chi connectivity index (χ3v) is 1.87. The van der Waals surface area contributed by atoms with E-state index in [9.17, 15) is 4.39 Å². The van der Waals surface area contributed by atoms with Gasteiger partial charge in [-0.15, -0.1) is 0 Å². The maximum absolute atomic E-state index is 13.3. The van der Waals surface area contributed by atoms with Crippen molar-refractivity contribution in [3.63, 3.8) is 0 Å². The number of hydrogen-bond acceptors (Lipinski definition) is 3. The zero-order valence-electron chi connectivity index (χ0n) is 8.50. The Hall–Kier alpha value is -1.44. The highest BCUT2D eigenvalue weighted by Crippen LogP contribution is 2.10. The number of benzene rings is 1. The van der Waals surface area contributed by atoms with Gasteiger partial charge in [0.15, 0.2) is 0 Å². The number of rotatable bonds is 5. The Morgan fingerprint density at radius 3 is 2.80 bits per heavy atom. The van der Waals surface area contributed by atoms with Crippen molar-refractivity contribution in [2.45, 2.75) is 6.61 Å². The third-order valence-electron chi connectivity index (χ3n) is 1.87. The van der Waals surface area contributed by atoms with Gasteiger partial charge in [-0.1, -0.05) is 6.07 Å². The van der Waals surface area contributed by atoms with Crippen molar-refractivity contribution >= 4 is 0 Å². The number of hydrogen-bond donors (Lipinski definition) is 0. The van der Waals surface area contributed by atoms with Gasteiger partial charge in [0.1, 0.15) is 5.82 Å². The fourth-order valence-corrected chi connectivity index (χ4v) is 1.06. The zero-order valence-corrected chi connectivity index (χ0v) is 8.50. The Balaban J connectivity index is 2.52. The molecule has 0 radical (unpaired) electrons. The molecule has 1 aromatic rings. The molecule has 0 aliphatic rings. The largest absolute Gasteiger partial charge is 0.382 e. The van der Waals surface area contributed by atoms with Gasteiger partial charge in [-0.05, 0) is 12.1 Å². The van der Waals surface area contributed by atoms with Crippen LogP contribution in [-0.2, 0) is 16.1 Å². The fraction of sp³-hybridized carbons (Fsp3) is 0.364. The molecule has 0 amide bonds. The molecule has 0 unspecified atom stereocenters. The molecular weight excluding hydrogens is 197 g/mol. The van der Waals surface area contributed by atoms with E-state index in [0.29, 0.717) is 24.3 Å². The van der Waals surface area contributed by atoms with Crippen molar-refractivity contribution in [3.8, 4) is 6.07 Å². The van der Waals surface area contributed by atoms with Crippen LogP contribution in [0, 0.1) is 17.1 Å². The molecular formula is C11H12FNO2. The average molecular weight is 209 g/mol. The van der Waals surface area contributed by atoms with Gasteiger partial charge in [0, 0.05) is 12.7 Å². The number of nitrogens with zero attached hydrogens (tertiary/aromatic N) is 1. The number of ether oxygens (including phenoxy) is 2. The van der Waals surface area contributed by atoms with E-state index < -0.39 is 5.82 Å². The lowest BCUT2D eigenvalue weighted by atomic mass is 10.1. The van der Waals surface area contributed by atoms with Crippen molar-refractivity contribution in [2.75, 3.05) is 20.3 Å². The van der Waals surface area contributed by atoms with Crippen molar-refractivity contribution in [1.29, 1.82) is 5.26 Å². The molecule has 4 heteroatoms. The Morgan fingerprint density at radius 1 is 1.40 bits per heavy atom. The van der Waals surface area contributed by atoms with Gasteiger partial charge in [-0.2, -0.15) is 5.26 Å². The molecule has 0 aliphatic heterocycles. The molecule has 0 spiro atoms. The summed E-state index contributed by atoms with van der Waals surface area (Å²) in [6, 6.07) is 6.20. The monoisotopic (exact) mass is 209 g/mol. The van der Waals surface area contributed by atoms with E-state index in [1.165, 1.54) is 6.07 Å². The van der Waals surface area contributed by atoms with Crippen LogP contribution in [0.3, 0.4) is 0 Å². The lowest BCUT2D eigenvalue weighted by Crippen LogP contribution is -2.03. The van der Waals surface area contributed by atoms with Gasteiger partial charge < -0.3 is 9.47 Å². The summed E-state index contributed by atoms with van der Waals surface area (Å²) in [5, 5.41) is 8.53. The van der Waals surface area contributed by atoms with Gasteiger partial charge in [-0.25, -0.2) is 4.39 Å². The van der Waals surface area contributed by atoms with Gasteiger partial charge in [0.25, 0.3) is 0 Å². The van der Waals surface area contributed by atoms with Gasteiger partial charge in [0.2, 0.25) is 0 Å². The van der Waals surface area contributed by atoms with Crippen molar-refractivity contribution < 1.29 is 13.9 Å². The minimum absolute atomic E-state index is 0.195. The van der Waals surface area contributed by atoms with Crippen molar-refractivity contribution in [1.82, 2.24) is 0 Å². The summed E-state index contributed by atoms with van der Waals surface area (Å²) in [5.74, 6) is -0.411. The summed E-state index contributed by atoms with van der Waals surface area (Å²) in [5.41, 5.74) is 0.762. The summed E-state index contributed by atoms with van der Waals surface area (Å²) < 4.78 is 23.2. The molecule has 3 nitrogen and oxygen atoms in total. The number of methoxy groups -OCH3 is 1. The molecule has 0 saturated heterocycles. The molecule has 0 bridgehead atoms. The summed E-state index contributed by atoms with van der Waals surface area (Å²) in [4.78, 5) is 0. The van der Waals surface area contributed by atoms with Crippen molar-refractivity contribution in [2.24, 2.45) is 0 Å². The molecule has 0 saturated carbocycles. The zero-order chi connectivity index (χ0) is 11.1. The summed E-state index contributed by atoms with van der Waals surface area (Å²) in [7, 11) is 1.58. The topological polar surface area (TPSA) is 42.2 Å². The first-order chi connectivity index (χ1) is 7.27. The molecule has 0 fully saturated rings. The van der Waals surface area contributed by atoms with Crippen LogP contribution in [0.25, 0.3) is 0 Å². The number of nitriles is 1. The summed E-state index contributed by atoms with van der Waals surface area (Å²) >= 11 is 0. The van der Waals surface area contributed by atoms with Gasteiger partial charge >= 0.3 is 0 Å². The lowest BCUT2D eigenvalue weighted by molar-refractivity contribution is 0.0604. The Kier molecular flexibility index (Phi) is 4.75. The van der Waals surface area contributed by atoms with Crippen LogP contribution < -0.4 is 0 Å². The molecule has 80 valence electrons. The highest BCUT2D eigenvalue weighted by Gasteiger charge is 2.03. The molecule has 0 aliphatic carbocycles. The first-order valence-electron chi connectivity index (χ1n) is 4.53. The van der Waals surface area contributed by atoms with Crippen LogP contribution in [0.15, 0.2) is 18.2 Å². The molecule has 1 aromatic carbocycles. The standard InChI is InChI=1S/C11H12FNO2/c1-14-4-5-15-8-10-3-2-9(7-13)6-11(10)12/h2-3,6H,4-5,8H2,1H3. The second-order valence-corrected chi connectivity index (χ2v) is 2.96. The molecule has 0 aromatic heterocycles. The van der Waals surface area contributed by atoms with Crippen LogP contribution in [0.5, 0.6) is 0 Å². The van der Waals surface area contributed by atoms with Crippen LogP contribution in [0.4, 0.5) is 4.39 Å². The Labute approximate surface area is 88.0 Å². The summed E-state index contributed by atoms with van der Waals surface area (Å²) in [6.07, 6.45) is 0. The Morgan fingerprint density at radius 2 is 2.20 bits per heavy atom. The Bertz CT molecular complexity index is 360. The van der Waals surface area contributed by atoms with E-state index in [4.69, 9.17) is 14.7 Å². The van der Waals surface area contributed by atoms with Crippen molar-refractivity contribution in [3.05, 3.63) is 35.1 Å². The molecule has 0 heterocycles. The second kappa shape index (κ2) is 6.12. The maximum atomic E-state index is 13.3. The van der Waals surface area contributed by atoms with E-state index in [1.807, 2.05) is 6.07 Å². The SMILES string of the molecule is COCCOCc1ccc(C#N)cc1F. The molecule has 15 heavy (non-hydrogen) atoms. The predicted octanol–water partition coefficient (Wildman–Crippen LogP) is 1.86. The normalized spacial score (nSPS) is 9.93. The van der Waals surface area contributed by atoms with Gasteiger partial charge in [0.05, 0.1) is 31.5 Å². The maximum Gasteiger partial charge on any atom is 0.130 e. The minimum Gasteiger partial charge on any atom is -0.382 e. The first-order valence-corrected chi connectivity index (χ1v) is 4.53. The van der Waals surface area contributed by atoms with Gasteiger partial charge in [-0.3, -0.25) is 0 Å². The van der Waals surface area contributed by atoms with Crippen LogP contribution in [0.2, 0.25) is 0 Å². The first kappa shape index (κ1) is 11.6. The molecule has 0 N–H and O–H groups in total. The highest BCUT2D eigenvalue weighted by atomic mass is 19.1. The van der Waals surface area contributed by atoms with Crippen LogP contribution in [0.1, 0.15) is 11.1 Å². The van der Waals surface area contributed by atoms with E-state index >= 15 is 0 Å². The quantitative estimate of drug-likeness (QED) is 0.695. The fourth-order valence-electron chi connectivity index (χ4n) is 1.06. The number of halogens is 1. The predicted molar refractivity (Wildman–Crippen MR) is 52.6 cm³/mol. The second-order valence-electron chi connectivity index (χ2n) is 2.96. The molecule has 1 rings (SSSR count).